The Morgan fingerprint density at radius 3 is 2.73 bits per heavy atom. The predicted octanol–water partition coefficient (Wildman–Crippen LogP) is 2.36. The first-order chi connectivity index (χ1) is 6.96. The van der Waals surface area contributed by atoms with Gasteiger partial charge in [-0.1, -0.05) is 15.9 Å². The van der Waals surface area contributed by atoms with Crippen molar-refractivity contribution in [2.45, 2.75) is 31.4 Å². The number of aliphatic hydroxyl groups is 1. The van der Waals surface area contributed by atoms with Crippen LogP contribution < -0.4 is 11.1 Å². The second-order valence-corrected chi connectivity index (χ2v) is 5.39. The standard InChI is InChI=1S/C11H15BrN2O/c1-11(15)5-8(6-11)14-10-3-2-7(12)4-9(10)13/h2-4,8,14-15H,5-6,13H2,1H3. The third kappa shape index (κ3) is 2.44. The minimum Gasteiger partial charge on any atom is -0.397 e. The number of rotatable bonds is 2. The zero-order valence-corrected chi connectivity index (χ0v) is 10.2. The minimum absolute atomic E-state index is 0.337. The van der Waals surface area contributed by atoms with E-state index < -0.39 is 5.60 Å². The van der Waals surface area contributed by atoms with Gasteiger partial charge in [0.2, 0.25) is 0 Å². The molecule has 4 heteroatoms. The molecule has 0 heterocycles. The fourth-order valence-electron chi connectivity index (χ4n) is 1.99. The third-order valence-corrected chi connectivity index (χ3v) is 3.24. The smallest absolute Gasteiger partial charge is 0.0658 e. The SMILES string of the molecule is CC1(O)CC(Nc2ccc(Br)cc2N)C1. The molecule has 0 atom stereocenters. The maximum Gasteiger partial charge on any atom is 0.0658 e. The maximum atomic E-state index is 9.60. The van der Waals surface area contributed by atoms with E-state index in [9.17, 15) is 5.11 Å². The van der Waals surface area contributed by atoms with Gasteiger partial charge in [0.05, 0.1) is 17.0 Å². The quantitative estimate of drug-likeness (QED) is 0.724. The summed E-state index contributed by atoms with van der Waals surface area (Å²) in [5.41, 5.74) is 7.04. The molecule has 0 amide bonds. The van der Waals surface area contributed by atoms with E-state index in [2.05, 4.69) is 21.2 Å². The van der Waals surface area contributed by atoms with Crippen molar-refractivity contribution >= 4 is 27.3 Å². The van der Waals surface area contributed by atoms with E-state index in [0.29, 0.717) is 6.04 Å². The average molecular weight is 271 g/mol. The molecule has 1 saturated carbocycles. The molecule has 0 radical (unpaired) electrons. The van der Waals surface area contributed by atoms with E-state index in [0.717, 1.165) is 28.7 Å². The molecule has 4 N–H and O–H groups in total. The first kappa shape index (κ1) is 10.8. The highest BCUT2D eigenvalue weighted by molar-refractivity contribution is 9.10. The molecule has 1 aliphatic rings. The molecule has 1 fully saturated rings. The van der Waals surface area contributed by atoms with Crippen molar-refractivity contribution in [3.05, 3.63) is 22.7 Å². The number of nitrogen functional groups attached to an aromatic ring is 1. The first-order valence-electron chi connectivity index (χ1n) is 5.00. The highest BCUT2D eigenvalue weighted by Crippen LogP contribution is 2.35. The van der Waals surface area contributed by atoms with Crippen molar-refractivity contribution in [1.82, 2.24) is 0 Å². The fourth-order valence-corrected chi connectivity index (χ4v) is 2.37. The lowest BCUT2D eigenvalue weighted by Gasteiger charge is -2.41. The Morgan fingerprint density at radius 1 is 1.53 bits per heavy atom. The minimum atomic E-state index is -0.498. The van der Waals surface area contributed by atoms with Crippen LogP contribution in [0.15, 0.2) is 22.7 Å². The van der Waals surface area contributed by atoms with Crippen LogP contribution >= 0.6 is 15.9 Å². The van der Waals surface area contributed by atoms with Crippen LogP contribution in [0.25, 0.3) is 0 Å². The maximum absolute atomic E-state index is 9.60. The first-order valence-corrected chi connectivity index (χ1v) is 5.79. The third-order valence-electron chi connectivity index (χ3n) is 2.75. The van der Waals surface area contributed by atoms with Gasteiger partial charge >= 0.3 is 0 Å². The van der Waals surface area contributed by atoms with Gasteiger partial charge in [-0.2, -0.15) is 0 Å². The molecule has 3 nitrogen and oxygen atoms in total. The van der Waals surface area contributed by atoms with Crippen LogP contribution in [0.5, 0.6) is 0 Å². The van der Waals surface area contributed by atoms with Crippen LogP contribution in [0.1, 0.15) is 19.8 Å². The van der Waals surface area contributed by atoms with Gasteiger partial charge in [0.25, 0.3) is 0 Å². The molecule has 2 rings (SSSR count). The Labute approximate surface area is 97.8 Å². The lowest BCUT2D eigenvalue weighted by molar-refractivity contribution is -0.0234. The van der Waals surface area contributed by atoms with Crippen molar-refractivity contribution in [3.63, 3.8) is 0 Å². The number of hydrogen-bond acceptors (Lipinski definition) is 3. The summed E-state index contributed by atoms with van der Waals surface area (Å²) in [6.07, 6.45) is 1.56. The fraction of sp³-hybridized carbons (Fsp3) is 0.455. The van der Waals surface area contributed by atoms with E-state index in [1.807, 2.05) is 25.1 Å². The van der Waals surface area contributed by atoms with Crippen LogP contribution in [-0.2, 0) is 0 Å². The van der Waals surface area contributed by atoms with Gasteiger partial charge < -0.3 is 16.2 Å². The monoisotopic (exact) mass is 270 g/mol. The highest BCUT2D eigenvalue weighted by Gasteiger charge is 2.38. The zero-order valence-electron chi connectivity index (χ0n) is 8.63. The van der Waals surface area contributed by atoms with Crippen LogP contribution in [0.3, 0.4) is 0 Å². The van der Waals surface area contributed by atoms with Crippen LogP contribution in [-0.4, -0.2) is 16.7 Å². The Balaban J connectivity index is 2.00. The Morgan fingerprint density at radius 2 is 2.20 bits per heavy atom. The van der Waals surface area contributed by atoms with Gasteiger partial charge in [-0.15, -0.1) is 0 Å². The molecule has 0 aromatic heterocycles. The predicted molar refractivity (Wildman–Crippen MR) is 65.8 cm³/mol. The number of nitrogens with two attached hydrogens (primary N) is 1. The Hall–Kier alpha value is -0.740. The van der Waals surface area contributed by atoms with Gasteiger partial charge in [-0.3, -0.25) is 0 Å². The number of benzene rings is 1. The van der Waals surface area contributed by atoms with Crippen LogP contribution in [0.4, 0.5) is 11.4 Å². The van der Waals surface area contributed by atoms with Gasteiger partial charge in [0, 0.05) is 10.5 Å². The van der Waals surface area contributed by atoms with Crippen molar-refractivity contribution in [3.8, 4) is 0 Å². The molecular weight excluding hydrogens is 256 g/mol. The van der Waals surface area contributed by atoms with Gasteiger partial charge in [-0.05, 0) is 38.0 Å². The van der Waals surface area contributed by atoms with E-state index >= 15 is 0 Å². The summed E-state index contributed by atoms with van der Waals surface area (Å²) in [7, 11) is 0. The second kappa shape index (κ2) is 3.68. The molecule has 1 aromatic rings. The molecule has 0 aliphatic heterocycles. The summed E-state index contributed by atoms with van der Waals surface area (Å²) in [4.78, 5) is 0. The molecule has 1 aliphatic carbocycles. The summed E-state index contributed by atoms with van der Waals surface area (Å²) in [6, 6.07) is 6.12. The van der Waals surface area contributed by atoms with Crippen molar-refractivity contribution in [2.24, 2.45) is 0 Å². The largest absolute Gasteiger partial charge is 0.397 e. The second-order valence-electron chi connectivity index (χ2n) is 4.48. The lowest BCUT2D eigenvalue weighted by atomic mass is 9.77. The number of hydrogen-bond donors (Lipinski definition) is 3. The summed E-state index contributed by atoms with van der Waals surface area (Å²) in [6.45, 7) is 1.86. The molecule has 82 valence electrons. The van der Waals surface area contributed by atoms with E-state index in [-0.39, 0.29) is 0 Å². The van der Waals surface area contributed by atoms with E-state index in [1.165, 1.54) is 0 Å². The average Bonchev–Trinajstić information content (AvgIpc) is 2.06. The molecule has 0 saturated heterocycles. The Kier molecular flexibility index (Phi) is 2.64. The highest BCUT2D eigenvalue weighted by atomic mass is 79.9. The summed E-state index contributed by atoms with van der Waals surface area (Å²) in [5, 5.41) is 12.9. The van der Waals surface area contributed by atoms with Crippen molar-refractivity contribution in [2.75, 3.05) is 11.1 Å². The van der Waals surface area contributed by atoms with Gasteiger partial charge in [-0.25, -0.2) is 0 Å². The number of nitrogens with one attached hydrogen (secondary N) is 1. The number of halogens is 1. The number of anilines is 2. The van der Waals surface area contributed by atoms with Crippen molar-refractivity contribution in [1.29, 1.82) is 0 Å². The normalized spacial score (nSPS) is 29.7. The molecule has 1 aromatic carbocycles. The molecule has 0 unspecified atom stereocenters. The molecule has 0 spiro atoms. The molecule has 0 bridgehead atoms. The van der Waals surface area contributed by atoms with Gasteiger partial charge in [0.1, 0.15) is 0 Å². The topological polar surface area (TPSA) is 58.3 Å². The van der Waals surface area contributed by atoms with Crippen LogP contribution in [0, 0.1) is 0 Å². The lowest BCUT2D eigenvalue weighted by Crippen LogP contribution is -2.48. The summed E-state index contributed by atoms with van der Waals surface area (Å²) < 4.78 is 0.978. The van der Waals surface area contributed by atoms with Crippen LogP contribution in [0.2, 0.25) is 0 Å². The van der Waals surface area contributed by atoms with E-state index in [4.69, 9.17) is 5.73 Å². The molecule has 15 heavy (non-hydrogen) atoms. The zero-order chi connectivity index (χ0) is 11.1. The molecular formula is C11H15BrN2O. The Bertz CT molecular complexity index is 371. The van der Waals surface area contributed by atoms with Gasteiger partial charge in [0.15, 0.2) is 0 Å². The summed E-state index contributed by atoms with van der Waals surface area (Å²) in [5.74, 6) is 0. The van der Waals surface area contributed by atoms with E-state index in [1.54, 1.807) is 0 Å². The van der Waals surface area contributed by atoms with Crippen molar-refractivity contribution < 1.29 is 5.11 Å². The summed E-state index contributed by atoms with van der Waals surface area (Å²) >= 11 is 3.36.